The molecule has 1 aliphatic heterocycles. The molecule has 1 aromatic heterocycles. The van der Waals surface area contributed by atoms with Crippen LogP contribution >= 0.6 is 0 Å². The second-order valence-corrected chi connectivity index (χ2v) is 10.2. The zero-order valence-corrected chi connectivity index (χ0v) is 16.6. The lowest BCUT2D eigenvalue weighted by atomic mass is 9.47. The monoisotopic (exact) mass is 398 g/mol. The molecule has 2 atom stereocenters. The van der Waals surface area contributed by atoms with Crippen LogP contribution in [-0.2, 0) is 4.79 Å². The number of amides is 1. The Hall–Kier alpha value is -1.95. The number of piperidine rings is 1. The molecule has 29 heavy (non-hydrogen) atoms. The van der Waals surface area contributed by atoms with Crippen LogP contribution in [0.1, 0.15) is 63.0 Å². The molecular weight excluding hydrogens is 371 g/mol. The van der Waals surface area contributed by atoms with Gasteiger partial charge in [0.2, 0.25) is 5.91 Å². The summed E-state index contributed by atoms with van der Waals surface area (Å²) >= 11 is 0. The minimum atomic E-state index is -0.604. The van der Waals surface area contributed by atoms with Gasteiger partial charge >= 0.3 is 0 Å². The number of carbonyl (C=O) groups excluding carboxylic acids is 1. The topological polar surface area (TPSA) is 66.6 Å². The van der Waals surface area contributed by atoms with Crippen LogP contribution in [0.15, 0.2) is 22.7 Å². The molecule has 5 fully saturated rings. The van der Waals surface area contributed by atoms with E-state index < -0.39 is 5.60 Å². The van der Waals surface area contributed by atoms with Crippen LogP contribution in [0, 0.1) is 23.1 Å². The third-order valence-electron chi connectivity index (χ3n) is 8.11. The molecule has 1 saturated heterocycles. The summed E-state index contributed by atoms with van der Waals surface area (Å²) in [6.45, 7) is 1.43. The summed E-state index contributed by atoms with van der Waals surface area (Å²) in [5.41, 5.74) is 0.438. The van der Waals surface area contributed by atoms with Gasteiger partial charge in [0.15, 0.2) is 5.58 Å². The number of benzene rings is 1. The Morgan fingerprint density at radius 2 is 1.90 bits per heavy atom. The second kappa shape index (κ2) is 6.03. The van der Waals surface area contributed by atoms with E-state index in [-0.39, 0.29) is 23.1 Å². The van der Waals surface area contributed by atoms with Crippen molar-refractivity contribution in [2.45, 2.75) is 62.9 Å². The maximum atomic E-state index is 13.6. The van der Waals surface area contributed by atoms with Crippen molar-refractivity contribution in [1.29, 1.82) is 0 Å². The molecule has 1 N–H and O–H groups in total. The van der Waals surface area contributed by atoms with Crippen molar-refractivity contribution in [3.8, 4) is 0 Å². The Kier molecular flexibility index (Phi) is 3.72. The van der Waals surface area contributed by atoms with E-state index in [0.717, 1.165) is 49.6 Å². The van der Waals surface area contributed by atoms with Gasteiger partial charge in [-0.1, -0.05) is 5.16 Å². The molecule has 5 nitrogen and oxygen atoms in total. The summed E-state index contributed by atoms with van der Waals surface area (Å²) in [7, 11) is 0. The molecule has 4 aliphatic carbocycles. The van der Waals surface area contributed by atoms with Gasteiger partial charge < -0.3 is 14.5 Å². The average molecular weight is 398 g/mol. The lowest BCUT2D eigenvalue weighted by molar-refractivity contribution is -0.186. The van der Waals surface area contributed by atoms with Crippen LogP contribution in [-0.4, -0.2) is 39.8 Å². The van der Waals surface area contributed by atoms with E-state index in [4.69, 9.17) is 4.52 Å². The summed E-state index contributed by atoms with van der Waals surface area (Å²) in [6, 6.07) is 4.56. The van der Waals surface area contributed by atoms with E-state index in [0.29, 0.717) is 36.9 Å². The Balaban J connectivity index is 1.18. The fraction of sp³-hybridized carbons (Fsp3) is 0.652. The first-order valence-electron chi connectivity index (χ1n) is 11.0. The largest absolute Gasteiger partial charge is 0.390 e. The van der Waals surface area contributed by atoms with Gasteiger partial charge in [-0.3, -0.25) is 4.79 Å². The Labute approximate surface area is 169 Å². The first kappa shape index (κ1) is 17.9. The van der Waals surface area contributed by atoms with Gasteiger partial charge in [0.1, 0.15) is 5.82 Å². The second-order valence-electron chi connectivity index (χ2n) is 10.2. The van der Waals surface area contributed by atoms with Gasteiger partial charge in [0.05, 0.1) is 16.7 Å². The van der Waals surface area contributed by atoms with Crippen LogP contribution in [0.3, 0.4) is 0 Å². The van der Waals surface area contributed by atoms with E-state index in [1.54, 1.807) is 6.07 Å². The highest BCUT2D eigenvalue weighted by Crippen LogP contribution is 2.62. The number of carbonyl (C=O) groups is 1. The maximum Gasteiger partial charge on any atom is 0.228 e. The number of halogens is 1. The number of likely N-dealkylation sites (tertiary alicyclic amines) is 1. The third kappa shape index (κ3) is 2.75. The van der Waals surface area contributed by atoms with Crippen LogP contribution in [0.2, 0.25) is 0 Å². The van der Waals surface area contributed by atoms with Crippen LogP contribution < -0.4 is 0 Å². The zero-order chi connectivity index (χ0) is 19.8. The number of hydrogen-bond donors (Lipinski definition) is 1. The molecule has 5 aliphatic rings. The fourth-order valence-corrected chi connectivity index (χ4v) is 7.38. The number of rotatable bonds is 2. The number of hydrogen-bond acceptors (Lipinski definition) is 4. The minimum absolute atomic E-state index is 0.228. The molecule has 1 aromatic carbocycles. The summed E-state index contributed by atoms with van der Waals surface area (Å²) in [5.74, 6) is 1.22. The lowest BCUT2D eigenvalue weighted by Gasteiger charge is -2.60. The molecule has 0 spiro atoms. The number of nitrogens with zero attached hydrogens (tertiary/aromatic N) is 2. The molecule has 4 saturated carbocycles. The molecule has 0 radical (unpaired) electrons. The molecule has 1 amide bonds. The van der Waals surface area contributed by atoms with Gasteiger partial charge in [-0.15, -0.1) is 0 Å². The van der Waals surface area contributed by atoms with E-state index in [1.807, 2.05) is 4.90 Å². The molecule has 2 aromatic rings. The highest BCUT2D eigenvalue weighted by molar-refractivity contribution is 5.84. The Bertz CT molecular complexity index is 964. The van der Waals surface area contributed by atoms with E-state index in [1.165, 1.54) is 18.6 Å². The summed E-state index contributed by atoms with van der Waals surface area (Å²) in [4.78, 5) is 15.6. The van der Waals surface area contributed by atoms with Crippen LogP contribution in [0.5, 0.6) is 0 Å². The fourth-order valence-electron chi connectivity index (χ4n) is 7.38. The van der Waals surface area contributed by atoms with Gasteiger partial charge in [-0.25, -0.2) is 4.39 Å². The Morgan fingerprint density at radius 1 is 1.17 bits per heavy atom. The first-order valence-corrected chi connectivity index (χ1v) is 11.0. The Morgan fingerprint density at radius 3 is 2.59 bits per heavy atom. The van der Waals surface area contributed by atoms with E-state index in [9.17, 15) is 14.3 Å². The van der Waals surface area contributed by atoms with Crippen molar-refractivity contribution in [3.05, 3.63) is 29.7 Å². The molecule has 154 valence electrons. The smallest absolute Gasteiger partial charge is 0.228 e. The first-order chi connectivity index (χ1) is 13.9. The zero-order valence-electron chi connectivity index (χ0n) is 16.6. The third-order valence-corrected chi connectivity index (χ3v) is 8.11. The SMILES string of the molecule is O=C(N1CCC(c2noc3cc(F)ccc23)CC1)C12C[C@H]3C[C@@H](CC(O)(C3)C1)C2. The van der Waals surface area contributed by atoms with E-state index in [2.05, 4.69) is 5.16 Å². The number of aliphatic hydroxyl groups is 1. The van der Waals surface area contributed by atoms with Crippen molar-refractivity contribution in [2.75, 3.05) is 13.1 Å². The molecule has 0 unspecified atom stereocenters. The van der Waals surface area contributed by atoms with Gasteiger partial charge in [-0.2, -0.15) is 0 Å². The number of fused-ring (bicyclic) bond motifs is 1. The van der Waals surface area contributed by atoms with Gasteiger partial charge in [-0.05, 0) is 75.3 Å². The van der Waals surface area contributed by atoms with Crippen molar-refractivity contribution in [2.24, 2.45) is 17.3 Å². The van der Waals surface area contributed by atoms with E-state index >= 15 is 0 Å². The predicted octanol–water partition coefficient (Wildman–Crippen LogP) is 4.00. The normalized spacial score (nSPS) is 36.8. The number of aromatic nitrogens is 1. The highest BCUT2D eigenvalue weighted by atomic mass is 19.1. The van der Waals surface area contributed by atoms with Crippen LogP contribution in [0.25, 0.3) is 11.0 Å². The van der Waals surface area contributed by atoms with Gasteiger partial charge in [0, 0.05) is 30.5 Å². The molecule has 7 rings (SSSR count). The minimum Gasteiger partial charge on any atom is -0.390 e. The van der Waals surface area contributed by atoms with Gasteiger partial charge in [0.25, 0.3) is 0 Å². The average Bonchev–Trinajstić information content (AvgIpc) is 3.08. The summed E-state index contributed by atoms with van der Waals surface area (Å²) in [5, 5.41) is 16.1. The van der Waals surface area contributed by atoms with Crippen molar-refractivity contribution in [3.63, 3.8) is 0 Å². The van der Waals surface area contributed by atoms with Crippen LogP contribution in [0.4, 0.5) is 4.39 Å². The van der Waals surface area contributed by atoms with Crippen molar-refractivity contribution < 1.29 is 18.8 Å². The molecular formula is C23H27FN2O3. The molecule has 4 bridgehead atoms. The molecule has 2 heterocycles. The van der Waals surface area contributed by atoms with Crippen molar-refractivity contribution >= 4 is 16.9 Å². The van der Waals surface area contributed by atoms with Crippen molar-refractivity contribution in [1.82, 2.24) is 10.1 Å². The molecule has 6 heteroatoms. The lowest BCUT2D eigenvalue weighted by Crippen LogP contribution is -2.61. The highest BCUT2D eigenvalue weighted by Gasteiger charge is 2.60. The quantitative estimate of drug-likeness (QED) is 0.830. The summed E-state index contributed by atoms with van der Waals surface area (Å²) < 4.78 is 18.7. The predicted molar refractivity (Wildman–Crippen MR) is 105 cm³/mol. The maximum absolute atomic E-state index is 13.6. The standard InChI is InChI=1S/C23H27FN2O3/c24-17-1-2-18-19(8-17)29-25-20(18)16-3-5-26(6-4-16)21(27)22-9-14-7-15(10-22)12-23(28,11-14)13-22/h1-2,8,14-16,28H,3-7,9-13H2/t14-,15-,22?,23?/m1/s1. The summed E-state index contributed by atoms with van der Waals surface area (Å²) in [6.07, 6.45) is 7.25.